The molecular weight excluding hydrogens is 372 g/mol. The van der Waals surface area contributed by atoms with E-state index in [4.69, 9.17) is 5.10 Å². The zero-order chi connectivity index (χ0) is 18.6. The van der Waals surface area contributed by atoms with Gasteiger partial charge < -0.3 is 10.6 Å². The lowest BCUT2D eigenvalue weighted by atomic mass is 10.0. The molecule has 1 saturated heterocycles. The summed E-state index contributed by atoms with van der Waals surface area (Å²) in [6.07, 6.45) is 3.75. The largest absolute Gasteiger partial charge is 0.349 e. The molecule has 0 atom stereocenters. The Morgan fingerprint density at radius 1 is 1.07 bits per heavy atom. The van der Waals surface area contributed by atoms with E-state index in [1.54, 1.807) is 4.68 Å². The molecule has 0 spiro atoms. The second-order valence-corrected chi connectivity index (χ2v) is 7.04. The number of carbonyl (C=O) groups excluding carboxylic acids is 1. The van der Waals surface area contributed by atoms with E-state index >= 15 is 0 Å². The van der Waals surface area contributed by atoms with E-state index in [0.29, 0.717) is 11.3 Å². The molecule has 1 aliphatic heterocycles. The summed E-state index contributed by atoms with van der Waals surface area (Å²) < 4.78 is 1.79. The van der Waals surface area contributed by atoms with Gasteiger partial charge in [0.25, 0.3) is 5.91 Å². The monoisotopic (exact) mass is 396 g/mol. The molecule has 28 heavy (non-hydrogen) atoms. The lowest BCUT2D eigenvalue weighted by Gasteiger charge is -2.23. The second-order valence-electron chi connectivity index (χ2n) is 7.04. The third kappa shape index (κ3) is 4.43. The predicted molar refractivity (Wildman–Crippen MR) is 114 cm³/mol. The van der Waals surface area contributed by atoms with E-state index in [2.05, 4.69) is 17.6 Å². The van der Waals surface area contributed by atoms with Crippen molar-refractivity contribution in [1.82, 2.24) is 20.4 Å². The average molecular weight is 397 g/mol. The number of rotatable bonds is 4. The van der Waals surface area contributed by atoms with Gasteiger partial charge in [0.1, 0.15) is 5.69 Å². The number of piperidine rings is 1. The smallest absolute Gasteiger partial charge is 0.255 e. The summed E-state index contributed by atoms with van der Waals surface area (Å²) in [4.78, 5) is 13.0. The van der Waals surface area contributed by atoms with Crippen molar-refractivity contribution in [2.45, 2.75) is 25.8 Å². The minimum Gasteiger partial charge on any atom is -0.349 e. The number of halogens is 1. The lowest BCUT2D eigenvalue weighted by molar-refractivity contribution is 0.0930. The van der Waals surface area contributed by atoms with E-state index in [9.17, 15) is 4.79 Å². The standard InChI is InChI=1S/C22H24N4O.ClH/c1-16-7-9-19(10-8-16)26-15-20(21(25-26)17-5-3-2-4-6-17)22(27)24-18-11-13-23-14-12-18;/h2-10,15,18,23H,11-14H2,1H3,(H,24,27);1H. The highest BCUT2D eigenvalue weighted by molar-refractivity contribution is 6.00. The molecule has 4 rings (SSSR count). The van der Waals surface area contributed by atoms with Gasteiger partial charge in [0.05, 0.1) is 11.3 Å². The van der Waals surface area contributed by atoms with Crippen molar-refractivity contribution >= 4 is 18.3 Å². The summed E-state index contributed by atoms with van der Waals surface area (Å²) in [5, 5.41) is 11.3. The van der Waals surface area contributed by atoms with E-state index < -0.39 is 0 Å². The zero-order valence-corrected chi connectivity index (χ0v) is 16.7. The Bertz CT molecular complexity index is 915. The van der Waals surface area contributed by atoms with Crippen molar-refractivity contribution < 1.29 is 4.79 Å². The summed E-state index contributed by atoms with van der Waals surface area (Å²) in [6, 6.07) is 18.2. The number of aryl methyl sites for hydroxylation is 1. The molecule has 2 aromatic carbocycles. The summed E-state index contributed by atoms with van der Waals surface area (Å²) in [7, 11) is 0. The predicted octanol–water partition coefficient (Wildman–Crippen LogP) is 3.75. The number of benzene rings is 2. The Morgan fingerprint density at radius 2 is 1.75 bits per heavy atom. The first-order chi connectivity index (χ1) is 13.2. The minimum absolute atomic E-state index is 0. The molecule has 2 heterocycles. The van der Waals surface area contributed by atoms with Gasteiger partial charge in [-0.2, -0.15) is 5.10 Å². The topological polar surface area (TPSA) is 59.0 Å². The van der Waals surface area contributed by atoms with Crippen LogP contribution in [-0.2, 0) is 0 Å². The third-order valence-electron chi connectivity index (χ3n) is 4.98. The Hall–Kier alpha value is -2.63. The molecule has 2 N–H and O–H groups in total. The maximum atomic E-state index is 13.0. The van der Waals surface area contributed by atoms with Crippen LogP contribution in [0.5, 0.6) is 0 Å². The van der Waals surface area contributed by atoms with Gasteiger partial charge in [0, 0.05) is 17.8 Å². The molecular formula is C22H25ClN4O. The maximum absolute atomic E-state index is 13.0. The molecule has 1 aliphatic rings. The van der Waals surface area contributed by atoms with Crippen LogP contribution in [0.3, 0.4) is 0 Å². The molecule has 0 bridgehead atoms. The molecule has 6 heteroatoms. The fraction of sp³-hybridized carbons (Fsp3) is 0.273. The molecule has 0 saturated carbocycles. The van der Waals surface area contributed by atoms with Crippen molar-refractivity contribution in [1.29, 1.82) is 0 Å². The molecule has 1 aromatic heterocycles. The van der Waals surface area contributed by atoms with Crippen LogP contribution in [0.1, 0.15) is 28.8 Å². The van der Waals surface area contributed by atoms with Gasteiger partial charge in [-0.1, -0.05) is 48.0 Å². The van der Waals surface area contributed by atoms with Crippen molar-refractivity contribution in [2.75, 3.05) is 13.1 Å². The van der Waals surface area contributed by atoms with Crippen molar-refractivity contribution in [3.8, 4) is 16.9 Å². The summed E-state index contributed by atoms with van der Waals surface area (Å²) in [6.45, 7) is 3.94. The van der Waals surface area contributed by atoms with Crippen LogP contribution < -0.4 is 10.6 Å². The molecule has 0 radical (unpaired) electrons. The average Bonchev–Trinajstić information content (AvgIpc) is 3.16. The first-order valence-electron chi connectivity index (χ1n) is 9.44. The van der Waals surface area contributed by atoms with Crippen LogP contribution in [0.15, 0.2) is 60.8 Å². The zero-order valence-electron chi connectivity index (χ0n) is 15.9. The second kappa shape index (κ2) is 9.04. The van der Waals surface area contributed by atoms with E-state index in [1.165, 1.54) is 5.56 Å². The highest BCUT2D eigenvalue weighted by Gasteiger charge is 2.22. The molecule has 0 aliphatic carbocycles. The van der Waals surface area contributed by atoms with Crippen LogP contribution in [0.2, 0.25) is 0 Å². The first-order valence-corrected chi connectivity index (χ1v) is 9.44. The molecule has 1 amide bonds. The number of hydrogen-bond acceptors (Lipinski definition) is 3. The van der Waals surface area contributed by atoms with Gasteiger partial charge in [0.15, 0.2) is 0 Å². The molecule has 3 aromatic rings. The Labute approximate surface area is 171 Å². The highest BCUT2D eigenvalue weighted by Crippen LogP contribution is 2.24. The van der Waals surface area contributed by atoms with Gasteiger partial charge in [-0.25, -0.2) is 4.68 Å². The van der Waals surface area contributed by atoms with E-state index in [0.717, 1.165) is 37.2 Å². The van der Waals surface area contributed by atoms with Gasteiger partial charge in [0.2, 0.25) is 0 Å². The highest BCUT2D eigenvalue weighted by atomic mass is 35.5. The van der Waals surface area contributed by atoms with Crippen molar-refractivity contribution in [3.05, 3.63) is 71.9 Å². The van der Waals surface area contributed by atoms with E-state index in [-0.39, 0.29) is 24.4 Å². The quantitative estimate of drug-likeness (QED) is 0.706. The summed E-state index contributed by atoms with van der Waals surface area (Å²) in [5.41, 5.74) is 4.40. The molecule has 1 fully saturated rings. The van der Waals surface area contributed by atoms with Gasteiger partial charge >= 0.3 is 0 Å². The van der Waals surface area contributed by atoms with Crippen LogP contribution in [-0.4, -0.2) is 34.8 Å². The molecule has 0 unspecified atom stereocenters. The van der Waals surface area contributed by atoms with Gasteiger partial charge in [-0.15, -0.1) is 12.4 Å². The van der Waals surface area contributed by atoms with Gasteiger partial charge in [-0.05, 0) is 45.0 Å². The summed E-state index contributed by atoms with van der Waals surface area (Å²) in [5.74, 6) is -0.0564. The fourth-order valence-corrected chi connectivity index (χ4v) is 3.41. The maximum Gasteiger partial charge on any atom is 0.255 e. The van der Waals surface area contributed by atoms with Crippen LogP contribution in [0, 0.1) is 6.92 Å². The van der Waals surface area contributed by atoms with Crippen LogP contribution in [0.25, 0.3) is 16.9 Å². The Kier molecular flexibility index (Phi) is 6.49. The fourth-order valence-electron chi connectivity index (χ4n) is 3.41. The Morgan fingerprint density at radius 3 is 2.43 bits per heavy atom. The third-order valence-corrected chi connectivity index (χ3v) is 4.98. The lowest BCUT2D eigenvalue weighted by Crippen LogP contribution is -2.42. The minimum atomic E-state index is -0.0564. The molecule has 146 valence electrons. The number of amides is 1. The van der Waals surface area contributed by atoms with Gasteiger partial charge in [-0.3, -0.25) is 4.79 Å². The SMILES string of the molecule is Cc1ccc(-n2cc(C(=O)NC3CCNCC3)c(-c3ccccc3)n2)cc1.Cl. The van der Waals surface area contributed by atoms with Crippen molar-refractivity contribution in [2.24, 2.45) is 0 Å². The number of nitrogens with zero attached hydrogens (tertiary/aromatic N) is 2. The Balaban J connectivity index is 0.00000225. The van der Waals surface area contributed by atoms with Crippen molar-refractivity contribution in [3.63, 3.8) is 0 Å². The number of nitrogens with one attached hydrogen (secondary N) is 2. The number of aromatic nitrogens is 2. The van der Waals surface area contributed by atoms with E-state index in [1.807, 2.05) is 60.8 Å². The molecule has 5 nitrogen and oxygen atoms in total. The van der Waals surface area contributed by atoms with Crippen LogP contribution in [0.4, 0.5) is 0 Å². The van der Waals surface area contributed by atoms with Crippen LogP contribution >= 0.6 is 12.4 Å². The number of hydrogen-bond donors (Lipinski definition) is 2. The number of carbonyl (C=O) groups is 1. The first kappa shape index (κ1) is 20.1. The normalized spacial score (nSPS) is 14.3. The summed E-state index contributed by atoms with van der Waals surface area (Å²) >= 11 is 0.